The first-order valence-electron chi connectivity index (χ1n) is 6.02. The van der Waals surface area contributed by atoms with Crippen LogP contribution < -0.4 is 6.15 Å². The summed E-state index contributed by atoms with van der Waals surface area (Å²) in [4.78, 5) is 0. The Kier molecular flexibility index (Phi) is 5.08. The second-order valence-electron chi connectivity index (χ2n) is 4.20. The summed E-state index contributed by atoms with van der Waals surface area (Å²) in [6.45, 7) is 4.85. The van der Waals surface area contributed by atoms with Crippen molar-refractivity contribution in [2.75, 3.05) is 6.61 Å². The second kappa shape index (κ2) is 6.34. The van der Waals surface area contributed by atoms with E-state index in [4.69, 9.17) is 4.74 Å². The molecule has 2 aromatic rings. The Morgan fingerprint density at radius 3 is 1.56 bits per heavy atom. The maximum atomic E-state index is 6.00. The van der Waals surface area contributed by atoms with E-state index in [0.717, 1.165) is 0 Å². The molecule has 0 aliphatic rings. The number of rotatable bonds is 4. The quantitative estimate of drug-likeness (QED) is 0.876. The summed E-state index contributed by atoms with van der Waals surface area (Å²) in [6.07, 6.45) is 0. The normalized spacial score (nSPS) is 10.8. The van der Waals surface area contributed by atoms with Crippen LogP contribution in [-0.4, -0.2) is 6.61 Å². The standard InChI is InChI=1S/C16H18O.H3N/c1-3-17-16(2,14-10-6-4-7-11-14)15-12-8-5-9-13-15;/h4-13H,3H2,1-2H3;1H3. The molecule has 0 aliphatic heterocycles. The van der Waals surface area contributed by atoms with Crippen molar-refractivity contribution in [3.8, 4) is 0 Å². The summed E-state index contributed by atoms with van der Waals surface area (Å²) in [6, 6.07) is 20.7. The minimum Gasteiger partial charge on any atom is -0.366 e. The Hall–Kier alpha value is -1.64. The molecule has 0 fully saturated rings. The molecule has 2 aromatic carbocycles. The fourth-order valence-electron chi connectivity index (χ4n) is 2.13. The van der Waals surface area contributed by atoms with Crippen LogP contribution in [0.1, 0.15) is 25.0 Å². The average molecular weight is 243 g/mol. The van der Waals surface area contributed by atoms with Crippen LogP contribution in [-0.2, 0) is 10.3 Å². The van der Waals surface area contributed by atoms with Crippen LogP contribution in [0.5, 0.6) is 0 Å². The Morgan fingerprint density at radius 2 is 1.22 bits per heavy atom. The van der Waals surface area contributed by atoms with Crippen molar-refractivity contribution in [2.45, 2.75) is 19.4 Å². The van der Waals surface area contributed by atoms with E-state index in [0.29, 0.717) is 6.61 Å². The summed E-state index contributed by atoms with van der Waals surface area (Å²) in [5.74, 6) is 0. The molecule has 2 heteroatoms. The highest BCUT2D eigenvalue weighted by Gasteiger charge is 2.28. The Labute approximate surface area is 109 Å². The van der Waals surface area contributed by atoms with Gasteiger partial charge in [0.25, 0.3) is 0 Å². The average Bonchev–Trinajstić information content (AvgIpc) is 2.41. The summed E-state index contributed by atoms with van der Waals surface area (Å²) >= 11 is 0. The van der Waals surface area contributed by atoms with Gasteiger partial charge in [0, 0.05) is 6.61 Å². The lowest BCUT2D eigenvalue weighted by Crippen LogP contribution is -2.27. The van der Waals surface area contributed by atoms with Crippen LogP contribution >= 0.6 is 0 Å². The smallest absolute Gasteiger partial charge is 0.115 e. The Morgan fingerprint density at radius 1 is 0.833 bits per heavy atom. The monoisotopic (exact) mass is 243 g/mol. The molecule has 0 amide bonds. The molecule has 96 valence electrons. The van der Waals surface area contributed by atoms with Gasteiger partial charge in [-0.3, -0.25) is 0 Å². The molecule has 0 heterocycles. The molecule has 0 unspecified atom stereocenters. The maximum Gasteiger partial charge on any atom is 0.115 e. The molecular formula is C16H21NO. The highest BCUT2D eigenvalue weighted by Crippen LogP contribution is 2.32. The van der Waals surface area contributed by atoms with Gasteiger partial charge in [-0.25, -0.2) is 0 Å². The highest BCUT2D eigenvalue weighted by atomic mass is 16.5. The molecule has 3 N–H and O–H groups in total. The SMILES string of the molecule is CCOC(C)(c1ccccc1)c1ccccc1.N. The topological polar surface area (TPSA) is 44.2 Å². The van der Waals surface area contributed by atoms with E-state index in [1.54, 1.807) is 0 Å². The zero-order valence-corrected chi connectivity index (χ0v) is 11.1. The van der Waals surface area contributed by atoms with Gasteiger partial charge >= 0.3 is 0 Å². The van der Waals surface area contributed by atoms with Crippen molar-refractivity contribution < 1.29 is 4.74 Å². The third-order valence-corrected chi connectivity index (χ3v) is 3.08. The van der Waals surface area contributed by atoms with Gasteiger partial charge in [-0.2, -0.15) is 0 Å². The van der Waals surface area contributed by atoms with Gasteiger partial charge in [0.15, 0.2) is 0 Å². The van der Waals surface area contributed by atoms with Crippen molar-refractivity contribution in [3.05, 3.63) is 71.8 Å². The van der Waals surface area contributed by atoms with Crippen molar-refractivity contribution in [1.82, 2.24) is 6.15 Å². The van der Waals surface area contributed by atoms with Crippen LogP contribution in [0, 0.1) is 0 Å². The molecule has 0 saturated carbocycles. The Balaban J connectivity index is 0.00000162. The molecule has 0 saturated heterocycles. The predicted molar refractivity (Wildman–Crippen MR) is 76.0 cm³/mol. The predicted octanol–water partition coefficient (Wildman–Crippen LogP) is 4.15. The van der Waals surface area contributed by atoms with E-state index in [2.05, 4.69) is 55.5 Å². The van der Waals surface area contributed by atoms with Crippen molar-refractivity contribution in [2.24, 2.45) is 0 Å². The maximum absolute atomic E-state index is 6.00. The molecule has 0 bridgehead atoms. The van der Waals surface area contributed by atoms with E-state index in [-0.39, 0.29) is 11.8 Å². The van der Waals surface area contributed by atoms with Gasteiger partial charge in [-0.15, -0.1) is 0 Å². The van der Waals surface area contributed by atoms with Gasteiger partial charge in [-0.05, 0) is 25.0 Å². The fourth-order valence-corrected chi connectivity index (χ4v) is 2.13. The molecule has 2 nitrogen and oxygen atoms in total. The molecule has 18 heavy (non-hydrogen) atoms. The van der Waals surface area contributed by atoms with E-state index >= 15 is 0 Å². The minimum absolute atomic E-state index is 0. The first kappa shape index (κ1) is 14.4. The lowest BCUT2D eigenvalue weighted by molar-refractivity contribution is 0.00405. The first-order valence-corrected chi connectivity index (χ1v) is 6.02. The second-order valence-corrected chi connectivity index (χ2v) is 4.20. The van der Waals surface area contributed by atoms with E-state index in [9.17, 15) is 0 Å². The van der Waals surface area contributed by atoms with Crippen molar-refractivity contribution in [1.29, 1.82) is 0 Å². The first-order chi connectivity index (χ1) is 8.27. The number of ether oxygens (including phenoxy) is 1. The van der Waals surface area contributed by atoms with E-state index < -0.39 is 0 Å². The number of hydrogen-bond acceptors (Lipinski definition) is 2. The van der Waals surface area contributed by atoms with Crippen molar-refractivity contribution in [3.63, 3.8) is 0 Å². The minimum atomic E-state index is -0.364. The summed E-state index contributed by atoms with van der Waals surface area (Å²) in [7, 11) is 0. The van der Waals surface area contributed by atoms with Gasteiger partial charge in [0.1, 0.15) is 5.60 Å². The Bertz CT molecular complexity index is 414. The molecule has 0 aromatic heterocycles. The molecule has 0 spiro atoms. The summed E-state index contributed by atoms with van der Waals surface area (Å²) in [5.41, 5.74) is 2.01. The van der Waals surface area contributed by atoms with Crippen LogP contribution in [0.15, 0.2) is 60.7 Å². The zero-order chi connectivity index (χ0) is 12.1. The molecule has 0 radical (unpaired) electrons. The van der Waals surface area contributed by atoms with Crippen molar-refractivity contribution >= 4 is 0 Å². The van der Waals surface area contributed by atoms with Gasteiger partial charge in [0.05, 0.1) is 0 Å². The molecular weight excluding hydrogens is 222 g/mol. The van der Waals surface area contributed by atoms with E-state index in [1.165, 1.54) is 11.1 Å². The lowest BCUT2D eigenvalue weighted by atomic mass is 9.88. The molecule has 0 aliphatic carbocycles. The third-order valence-electron chi connectivity index (χ3n) is 3.08. The van der Waals surface area contributed by atoms with Gasteiger partial charge in [0.2, 0.25) is 0 Å². The molecule has 0 atom stereocenters. The molecule has 2 rings (SSSR count). The van der Waals surface area contributed by atoms with Crippen LogP contribution in [0.4, 0.5) is 0 Å². The highest BCUT2D eigenvalue weighted by molar-refractivity contribution is 5.35. The van der Waals surface area contributed by atoms with Crippen LogP contribution in [0.2, 0.25) is 0 Å². The fraction of sp³-hybridized carbons (Fsp3) is 0.250. The van der Waals surface area contributed by atoms with Crippen LogP contribution in [0.3, 0.4) is 0 Å². The van der Waals surface area contributed by atoms with Gasteiger partial charge < -0.3 is 10.9 Å². The summed E-state index contributed by atoms with van der Waals surface area (Å²) < 4.78 is 6.00. The van der Waals surface area contributed by atoms with Crippen LogP contribution in [0.25, 0.3) is 0 Å². The number of hydrogen-bond donors (Lipinski definition) is 1. The summed E-state index contributed by atoms with van der Waals surface area (Å²) in [5, 5.41) is 0. The van der Waals surface area contributed by atoms with Gasteiger partial charge in [-0.1, -0.05) is 60.7 Å². The third kappa shape index (κ3) is 2.78. The van der Waals surface area contributed by atoms with E-state index in [1.807, 2.05) is 19.1 Å². The lowest BCUT2D eigenvalue weighted by Gasteiger charge is -2.30. The zero-order valence-electron chi connectivity index (χ0n) is 11.1. The largest absolute Gasteiger partial charge is 0.366 e. The number of benzene rings is 2.